The molecule has 1 aromatic heterocycles. The van der Waals surface area contributed by atoms with Gasteiger partial charge in [0.1, 0.15) is 5.76 Å². The van der Waals surface area contributed by atoms with Crippen LogP contribution in [0.4, 0.5) is 5.69 Å². The van der Waals surface area contributed by atoms with Gasteiger partial charge in [-0.05, 0) is 75.3 Å². The van der Waals surface area contributed by atoms with E-state index in [9.17, 15) is 13.2 Å². The van der Waals surface area contributed by atoms with Gasteiger partial charge in [0.2, 0.25) is 0 Å². The summed E-state index contributed by atoms with van der Waals surface area (Å²) in [5.41, 5.74) is 0.893. The number of piperidine rings is 1. The summed E-state index contributed by atoms with van der Waals surface area (Å²) in [4.78, 5) is 15.4. The van der Waals surface area contributed by atoms with Gasteiger partial charge in [-0.1, -0.05) is 30.7 Å². The van der Waals surface area contributed by atoms with Gasteiger partial charge in [0.05, 0.1) is 22.9 Å². The highest BCUT2D eigenvalue weighted by Gasteiger charge is 2.27. The van der Waals surface area contributed by atoms with Gasteiger partial charge < -0.3 is 9.73 Å². The number of rotatable bonds is 9. The first kappa shape index (κ1) is 24.0. The summed E-state index contributed by atoms with van der Waals surface area (Å²) >= 11 is 0. The minimum atomic E-state index is -3.81. The van der Waals surface area contributed by atoms with Gasteiger partial charge in [-0.25, -0.2) is 8.42 Å². The number of nitrogens with one attached hydrogen (secondary N) is 1. The van der Waals surface area contributed by atoms with Crippen LogP contribution in [-0.2, 0) is 10.0 Å². The van der Waals surface area contributed by atoms with Crippen molar-refractivity contribution in [2.24, 2.45) is 0 Å². The molecule has 4 rings (SSSR count). The highest BCUT2D eigenvalue weighted by molar-refractivity contribution is 7.92. The molecule has 1 aliphatic heterocycles. The van der Waals surface area contributed by atoms with Crippen molar-refractivity contribution in [2.45, 2.75) is 37.1 Å². The largest absolute Gasteiger partial charge is 0.468 e. The minimum absolute atomic E-state index is 0.0557. The first-order valence-electron chi connectivity index (χ1n) is 11.7. The molecule has 1 N–H and O–H groups in total. The van der Waals surface area contributed by atoms with Crippen LogP contribution in [0.2, 0.25) is 0 Å². The Morgan fingerprint density at radius 3 is 2.47 bits per heavy atom. The smallest absolute Gasteiger partial charge is 0.264 e. The molecule has 2 aromatic carbocycles. The lowest BCUT2D eigenvalue weighted by atomic mass is 10.1. The van der Waals surface area contributed by atoms with E-state index in [-0.39, 0.29) is 23.4 Å². The lowest BCUT2D eigenvalue weighted by molar-refractivity contribution is 0.0914. The van der Waals surface area contributed by atoms with E-state index in [1.54, 1.807) is 49.6 Å². The second kappa shape index (κ2) is 10.9. The van der Waals surface area contributed by atoms with Crippen LogP contribution in [0.15, 0.2) is 82.3 Å². The molecule has 34 heavy (non-hydrogen) atoms. The second-order valence-electron chi connectivity index (χ2n) is 8.37. The fraction of sp³-hybridized carbons (Fsp3) is 0.346. The average molecular weight is 482 g/mol. The van der Waals surface area contributed by atoms with Crippen LogP contribution >= 0.6 is 0 Å². The second-order valence-corrected chi connectivity index (χ2v) is 10.2. The number of sulfonamides is 1. The molecule has 8 heteroatoms. The van der Waals surface area contributed by atoms with Gasteiger partial charge >= 0.3 is 0 Å². The van der Waals surface area contributed by atoms with Gasteiger partial charge in [0.25, 0.3) is 15.9 Å². The fourth-order valence-electron chi connectivity index (χ4n) is 4.42. The van der Waals surface area contributed by atoms with Gasteiger partial charge in [0, 0.05) is 18.7 Å². The predicted molar refractivity (Wildman–Crippen MR) is 132 cm³/mol. The molecule has 1 amide bonds. The Labute approximate surface area is 201 Å². The molecule has 0 spiro atoms. The molecule has 1 aliphatic rings. The molecule has 1 atom stereocenters. The molecule has 1 saturated heterocycles. The Morgan fingerprint density at radius 1 is 1.03 bits per heavy atom. The number of anilines is 1. The minimum Gasteiger partial charge on any atom is -0.468 e. The Bertz CT molecular complexity index is 1170. The number of para-hydroxylation sites is 1. The molecule has 7 nitrogen and oxygen atoms in total. The number of nitrogens with zero attached hydrogens (tertiary/aromatic N) is 2. The van der Waals surface area contributed by atoms with Crippen molar-refractivity contribution in [2.75, 3.05) is 30.5 Å². The Morgan fingerprint density at radius 2 is 1.79 bits per heavy atom. The van der Waals surface area contributed by atoms with Crippen LogP contribution in [0.5, 0.6) is 0 Å². The zero-order valence-electron chi connectivity index (χ0n) is 19.4. The molecular formula is C26H31N3O4S. The molecule has 180 valence electrons. The van der Waals surface area contributed by atoms with E-state index in [0.29, 0.717) is 17.8 Å². The monoisotopic (exact) mass is 481 g/mol. The van der Waals surface area contributed by atoms with Crippen molar-refractivity contribution >= 4 is 21.6 Å². The van der Waals surface area contributed by atoms with E-state index in [4.69, 9.17) is 4.42 Å². The van der Waals surface area contributed by atoms with Crippen LogP contribution in [0.1, 0.15) is 48.3 Å². The SMILES string of the molecule is CCN(c1ccccc1)S(=O)(=O)c1cccc(C(=O)NC[C@@H](c2ccco2)N2CCCCC2)c1. The number of benzene rings is 2. The van der Waals surface area contributed by atoms with Crippen LogP contribution in [0.3, 0.4) is 0 Å². The van der Waals surface area contributed by atoms with Crippen LogP contribution in [-0.4, -0.2) is 45.4 Å². The average Bonchev–Trinajstić information content (AvgIpc) is 3.40. The lowest BCUT2D eigenvalue weighted by Gasteiger charge is -2.33. The fourth-order valence-corrected chi connectivity index (χ4v) is 5.94. The van der Waals surface area contributed by atoms with E-state index >= 15 is 0 Å². The van der Waals surface area contributed by atoms with Crippen LogP contribution < -0.4 is 9.62 Å². The van der Waals surface area contributed by atoms with Crippen molar-refractivity contribution in [3.05, 3.63) is 84.3 Å². The Balaban J connectivity index is 1.51. The topological polar surface area (TPSA) is 82.9 Å². The van der Waals surface area contributed by atoms with Crippen molar-refractivity contribution in [1.29, 1.82) is 0 Å². The molecule has 2 heterocycles. The molecule has 0 saturated carbocycles. The molecule has 0 unspecified atom stereocenters. The van der Waals surface area contributed by atoms with Crippen molar-refractivity contribution < 1.29 is 17.6 Å². The number of hydrogen-bond donors (Lipinski definition) is 1. The normalized spacial score (nSPS) is 15.6. The number of hydrogen-bond acceptors (Lipinski definition) is 5. The van der Waals surface area contributed by atoms with Gasteiger partial charge in [-0.15, -0.1) is 0 Å². The van der Waals surface area contributed by atoms with E-state index in [2.05, 4.69) is 10.2 Å². The standard InChI is InChI=1S/C26H31N3O4S/c1-2-29(22-12-5-3-6-13-22)34(31,32)23-14-9-11-21(19-23)26(30)27-20-24(25-15-10-18-33-25)28-16-7-4-8-17-28/h3,5-6,9-15,18-19,24H,2,4,7-8,16-17,20H2,1H3,(H,27,30)/t24-/m0/s1. The zero-order valence-corrected chi connectivity index (χ0v) is 20.2. The van der Waals surface area contributed by atoms with E-state index in [0.717, 1.165) is 31.7 Å². The van der Waals surface area contributed by atoms with Gasteiger partial charge in [-0.2, -0.15) is 0 Å². The third-order valence-electron chi connectivity index (χ3n) is 6.17. The first-order chi connectivity index (χ1) is 16.5. The van der Waals surface area contributed by atoms with Crippen molar-refractivity contribution in [1.82, 2.24) is 10.2 Å². The quantitative estimate of drug-likeness (QED) is 0.488. The van der Waals surface area contributed by atoms with Crippen LogP contribution in [0.25, 0.3) is 0 Å². The highest BCUT2D eigenvalue weighted by Crippen LogP contribution is 2.26. The maximum absolute atomic E-state index is 13.3. The third kappa shape index (κ3) is 5.34. The predicted octanol–water partition coefficient (Wildman–Crippen LogP) is 4.45. The van der Waals surface area contributed by atoms with Gasteiger partial charge in [-0.3, -0.25) is 14.0 Å². The number of likely N-dealkylation sites (tertiary alicyclic amines) is 1. The van der Waals surface area contributed by atoms with Crippen molar-refractivity contribution in [3.63, 3.8) is 0 Å². The summed E-state index contributed by atoms with van der Waals surface area (Å²) in [5.74, 6) is 0.508. The summed E-state index contributed by atoms with van der Waals surface area (Å²) in [5, 5.41) is 2.99. The maximum atomic E-state index is 13.3. The summed E-state index contributed by atoms with van der Waals surface area (Å²) in [7, 11) is -3.81. The molecule has 0 bridgehead atoms. The summed E-state index contributed by atoms with van der Waals surface area (Å²) in [6, 6.07) is 18.9. The summed E-state index contributed by atoms with van der Waals surface area (Å²) < 4.78 is 33.7. The molecule has 0 radical (unpaired) electrons. The highest BCUT2D eigenvalue weighted by atomic mass is 32.2. The zero-order chi connectivity index (χ0) is 24.0. The number of carbonyl (C=O) groups excluding carboxylic acids is 1. The Kier molecular flexibility index (Phi) is 7.70. The molecule has 1 fully saturated rings. The van der Waals surface area contributed by atoms with Crippen molar-refractivity contribution in [3.8, 4) is 0 Å². The van der Waals surface area contributed by atoms with Gasteiger partial charge in [0.15, 0.2) is 0 Å². The summed E-state index contributed by atoms with van der Waals surface area (Å²) in [6.07, 6.45) is 5.11. The van der Waals surface area contributed by atoms with E-state index in [1.165, 1.54) is 22.9 Å². The molecule has 0 aliphatic carbocycles. The van der Waals surface area contributed by atoms with E-state index < -0.39 is 10.0 Å². The Hall–Kier alpha value is -3.10. The lowest BCUT2D eigenvalue weighted by Crippen LogP contribution is -2.40. The first-order valence-corrected chi connectivity index (χ1v) is 13.2. The third-order valence-corrected chi connectivity index (χ3v) is 8.07. The maximum Gasteiger partial charge on any atom is 0.264 e. The van der Waals surface area contributed by atoms with Crippen LogP contribution in [0, 0.1) is 0 Å². The van der Waals surface area contributed by atoms with E-state index in [1.807, 2.05) is 18.2 Å². The number of furan rings is 1. The number of amides is 1. The molecular weight excluding hydrogens is 450 g/mol. The molecule has 3 aromatic rings. The number of carbonyl (C=O) groups is 1. The summed E-state index contributed by atoms with van der Waals surface area (Å²) in [6.45, 7) is 4.37.